The van der Waals surface area contributed by atoms with Crippen LogP contribution in [-0.4, -0.2) is 33.0 Å². The Labute approximate surface area is 163 Å². The molecule has 0 aliphatic rings. The van der Waals surface area contributed by atoms with E-state index in [1.54, 1.807) is 11.9 Å². The molecule has 1 amide bonds. The van der Waals surface area contributed by atoms with Gasteiger partial charge in [0.15, 0.2) is 11.0 Å². The molecule has 138 valence electrons. The minimum Gasteiger partial charge on any atom is -0.315 e. The summed E-state index contributed by atoms with van der Waals surface area (Å²) in [5, 5.41) is 9.07. The molecule has 0 radical (unpaired) electrons. The maximum absolute atomic E-state index is 12.8. The zero-order chi connectivity index (χ0) is 19.2. The number of carbonyl (C=O) groups is 1. The van der Waals surface area contributed by atoms with Crippen LogP contribution in [0.4, 0.5) is 5.69 Å². The number of aromatic nitrogens is 3. The lowest BCUT2D eigenvalue weighted by Crippen LogP contribution is -2.33. The van der Waals surface area contributed by atoms with Crippen LogP contribution in [0.2, 0.25) is 0 Å². The van der Waals surface area contributed by atoms with Gasteiger partial charge in [0.25, 0.3) is 0 Å². The molecular formula is C21H22N4OS. The molecule has 0 fully saturated rings. The Morgan fingerprint density at radius 2 is 1.78 bits per heavy atom. The molecule has 2 aromatic carbocycles. The fraction of sp³-hybridized carbons (Fsp3) is 0.190. The van der Waals surface area contributed by atoms with Gasteiger partial charge in [0.2, 0.25) is 5.91 Å². The summed E-state index contributed by atoms with van der Waals surface area (Å²) < 4.78 is 1.99. The van der Waals surface area contributed by atoms with Gasteiger partial charge in [-0.25, -0.2) is 0 Å². The summed E-state index contributed by atoms with van der Waals surface area (Å²) in [6.45, 7) is 6.30. The number of allylic oxidation sites excluding steroid dienone is 1. The first-order valence-electron chi connectivity index (χ1n) is 8.70. The second-order valence-electron chi connectivity index (χ2n) is 6.06. The number of nitrogens with zero attached hydrogens (tertiary/aromatic N) is 4. The Balaban J connectivity index is 1.81. The van der Waals surface area contributed by atoms with E-state index >= 15 is 0 Å². The van der Waals surface area contributed by atoms with Gasteiger partial charge in [-0.15, -0.1) is 16.8 Å². The monoisotopic (exact) mass is 378 g/mol. The average Bonchev–Trinajstić information content (AvgIpc) is 3.10. The maximum Gasteiger partial charge on any atom is 0.240 e. The van der Waals surface area contributed by atoms with E-state index in [0.29, 0.717) is 11.7 Å². The van der Waals surface area contributed by atoms with Crippen LogP contribution in [-0.2, 0) is 11.3 Å². The van der Waals surface area contributed by atoms with Crippen LogP contribution >= 0.6 is 11.8 Å². The second-order valence-corrected chi connectivity index (χ2v) is 7.37. The van der Waals surface area contributed by atoms with Crippen molar-refractivity contribution < 1.29 is 4.79 Å². The van der Waals surface area contributed by atoms with E-state index in [9.17, 15) is 4.79 Å². The van der Waals surface area contributed by atoms with Crippen LogP contribution in [0.5, 0.6) is 0 Å². The second kappa shape index (κ2) is 8.68. The summed E-state index contributed by atoms with van der Waals surface area (Å²) in [6, 6.07) is 19.5. The summed E-state index contributed by atoms with van der Waals surface area (Å²) in [5.74, 6) is 0.787. The number of benzene rings is 2. The number of hydrogen-bond donors (Lipinski definition) is 0. The highest BCUT2D eigenvalue weighted by Crippen LogP contribution is 2.28. The zero-order valence-corrected chi connectivity index (χ0v) is 16.3. The molecule has 1 unspecified atom stereocenters. The van der Waals surface area contributed by atoms with Crippen LogP contribution in [0, 0.1) is 0 Å². The Hall–Kier alpha value is -2.86. The van der Waals surface area contributed by atoms with Crippen LogP contribution < -0.4 is 4.90 Å². The molecule has 5 nitrogen and oxygen atoms in total. The number of carbonyl (C=O) groups excluding carboxylic acids is 1. The van der Waals surface area contributed by atoms with Gasteiger partial charge in [-0.05, 0) is 19.1 Å². The maximum atomic E-state index is 12.8. The van der Waals surface area contributed by atoms with Gasteiger partial charge >= 0.3 is 0 Å². The number of anilines is 1. The van der Waals surface area contributed by atoms with Crippen molar-refractivity contribution >= 4 is 23.4 Å². The van der Waals surface area contributed by atoms with Crippen molar-refractivity contribution in [3.8, 4) is 11.4 Å². The predicted molar refractivity (Wildman–Crippen MR) is 111 cm³/mol. The minimum absolute atomic E-state index is 0.0145. The highest BCUT2D eigenvalue weighted by Gasteiger charge is 2.23. The summed E-state index contributed by atoms with van der Waals surface area (Å²) in [7, 11) is 1.79. The minimum atomic E-state index is -0.299. The van der Waals surface area contributed by atoms with Crippen LogP contribution in [0.1, 0.15) is 6.92 Å². The molecule has 3 aromatic rings. The summed E-state index contributed by atoms with van der Waals surface area (Å²) in [5.41, 5.74) is 1.85. The third-order valence-electron chi connectivity index (χ3n) is 4.16. The lowest BCUT2D eigenvalue weighted by Gasteiger charge is -2.21. The first kappa shape index (κ1) is 18.9. The predicted octanol–water partition coefficient (Wildman–Crippen LogP) is 4.27. The Morgan fingerprint density at radius 3 is 2.41 bits per heavy atom. The van der Waals surface area contributed by atoms with E-state index in [1.165, 1.54) is 11.8 Å². The summed E-state index contributed by atoms with van der Waals surface area (Å²) in [4.78, 5) is 14.5. The molecule has 1 aromatic heterocycles. The number of rotatable bonds is 7. The third kappa shape index (κ3) is 4.28. The molecular weight excluding hydrogens is 356 g/mol. The molecule has 1 heterocycles. The Bertz CT molecular complexity index is 908. The summed E-state index contributed by atoms with van der Waals surface area (Å²) >= 11 is 1.41. The summed E-state index contributed by atoms with van der Waals surface area (Å²) in [6.07, 6.45) is 1.81. The van der Waals surface area contributed by atoms with E-state index in [4.69, 9.17) is 0 Å². The van der Waals surface area contributed by atoms with Crippen LogP contribution in [0.3, 0.4) is 0 Å². The van der Waals surface area contributed by atoms with Crippen LogP contribution in [0.25, 0.3) is 11.4 Å². The van der Waals surface area contributed by atoms with Gasteiger partial charge in [-0.2, -0.15) is 0 Å². The van der Waals surface area contributed by atoms with Crippen molar-refractivity contribution in [2.24, 2.45) is 0 Å². The van der Waals surface area contributed by atoms with E-state index in [1.807, 2.05) is 78.2 Å². The van der Waals surface area contributed by atoms with Gasteiger partial charge in [-0.1, -0.05) is 66.4 Å². The molecule has 0 saturated carbocycles. The van der Waals surface area contributed by atoms with Crippen LogP contribution in [0.15, 0.2) is 78.5 Å². The average molecular weight is 379 g/mol. The SMILES string of the molecule is C=CCn1c(SC(C)C(=O)N(C)c2ccccc2)nnc1-c1ccccc1. The van der Waals surface area contributed by atoms with E-state index in [2.05, 4.69) is 16.8 Å². The van der Waals surface area contributed by atoms with Gasteiger partial charge < -0.3 is 4.90 Å². The molecule has 0 saturated heterocycles. The van der Waals surface area contributed by atoms with E-state index in [0.717, 1.165) is 17.1 Å². The van der Waals surface area contributed by atoms with Crippen molar-refractivity contribution in [3.63, 3.8) is 0 Å². The Morgan fingerprint density at radius 1 is 1.15 bits per heavy atom. The third-order valence-corrected chi connectivity index (χ3v) is 5.23. The number of thioether (sulfide) groups is 1. The fourth-order valence-electron chi connectivity index (χ4n) is 2.73. The van der Waals surface area contributed by atoms with Gasteiger partial charge in [-0.3, -0.25) is 9.36 Å². The number of amides is 1. The molecule has 6 heteroatoms. The van der Waals surface area contributed by atoms with Crippen molar-refractivity contribution in [2.45, 2.75) is 23.9 Å². The zero-order valence-electron chi connectivity index (χ0n) is 15.4. The molecule has 0 spiro atoms. The molecule has 0 N–H and O–H groups in total. The largest absolute Gasteiger partial charge is 0.315 e. The van der Waals surface area contributed by atoms with Crippen molar-refractivity contribution in [1.29, 1.82) is 0 Å². The van der Waals surface area contributed by atoms with E-state index < -0.39 is 0 Å². The fourth-order valence-corrected chi connectivity index (χ4v) is 3.68. The van der Waals surface area contributed by atoms with Gasteiger partial charge in [0, 0.05) is 24.8 Å². The lowest BCUT2D eigenvalue weighted by atomic mass is 10.2. The highest BCUT2D eigenvalue weighted by molar-refractivity contribution is 8.00. The standard InChI is InChI=1S/C21H22N4OS/c1-4-15-25-19(17-11-7-5-8-12-17)22-23-21(25)27-16(2)20(26)24(3)18-13-9-6-10-14-18/h4-14,16H,1,15H2,2-3H3. The molecule has 3 rings (SSSR count). The molecule has 1 atom stereocenters. The smallest absolute Gasteiger partial charge is 0.240 e. The normalized spacial score (nSPS) is 11.8. The van der Waals surface area contributed by atoms with Crippen molar-refractivity contribution in [1.82, 2.24) is 14.8 Å². The van der Waals surface area contributed by atoms with Crippen molar-refractivity contribution in [3.05, 3.63) is 73.3 Å². The molecule has 0 aliphatic carbocycles. The van der Waals surface area contributed by atoms with E-state index in [-0.39, 0.29) is 11.2 Å². The topological polar surface area (TPSA) is 51.0 Å². The first-order chi connectivity index (χ1) is 13.1. The molecule has 0 bridgehead atoms. The van der Waals surface area contributed by atoms with Gasteiger partial charge in [0.05, 0.1) is 5.25 Å². The molecule has 27 heavy (non-hydrogen) atoms. The van der Waals surface area contributed by atoms with Gasteiger partial charge in [0.1, 0.15) is 0 Å². The molecule has 0 aliphatic heterocycles. The number of para-hydroxylation sites is 1. The Kier molecular flexibility index (Phi) is 6.08. The highest BCUT2D eigenvalue weighted by atomic mass is 32.2. The quantitative estimate of drug-likeness (QED) is 0.455. The first-order valence-corrected chi connectivity index (χ1v) is 9.58. The van der Waals surface area contributed by atoms with Crippen molar-refractivity contribution in [2.75, 3.05) is 11.9 Å². The number of hydrogen-bond acceptors (Lipinski definition) is 4. The lowest BCUT2D eigenvalue weighted by molar-refractivity contribution is -0.117.